The van der Waals surface area contributed by atoms with E-state index in [1.165, 1.54) is 13.3 Å². The maximum absolute atomic E-state index is 12.9. The van der Waals surface area contributed by atoms with Gasteiger partial charge in [-0.15, -0.1) is 0 Å². The van der Waals surface area contributed by atoms with E-state index in [9.17, 15) is 9.18 Å². The topological polar surface area (TPSA) is 55.3 Å². The lowest BCUT2D eigenvalue weighted by Crippen LogP contribution is -2.24. The van der Waals surface area contributed by atoms with Crippen LogP contribution in [0.15, 0.2) is 12.4 Å². The number of hydrogen-bond donors (Lipinski definition) is 0. The van der Waals surface area contributed by atoms with Gasteiger partial charge in [0.25, 0.3) is 0 Å². The van der Waals surface area contributed by atoms with Crippen molar-refractivity contribution in [3.05, 3.63) is 18.3 Å². The quantitative estimate of drug-likeness (QED) is 0.690. The van der Waals surface area contributed by atoms with Gasteiger partial charge in [-0.25, -0.2) is 0 Å². The van der Waals surface area contributed by atoms with Crippen molar-refractivity contribution < 1.29 is 13.9 Å². The summed E-state index contributed by atoms with van der Waals surface area (Å²) in [7, 11) is 1.37. The molecule has 0 radical (unpaired) electrons. The van der Waals surface area contributed by atoms with Crippen LogP contribution in [0.5, 0.6) is 0 Å². The molecule has 0 bridgehead atoms. The lowest BCUT2D eigenvalue weighted by atomic mass is 10.1. The largest absolute Gasteiger partial charge is 0.469 e. The van der Waals surface area contributed by atoms with Crippen LogP contribution in [-0.4, -0.2) is 36.1 Å². The van der Waals surface area contributed by atoms with Crippen molar-refractivity contribution in [3.63, 3.8) is 0 Å². The van der Waals surface area contributed by atoms with E-state index in [0.29, 0.717) is 25.3 Å². The van der Waals surface area contributed by atoms with Crippen molar-refractivity contribution >= 4 is 11.8 Å². The Morgan fingerprint density at radius 1 is 1.62 bits per heavy atom. The zero-order valence-corrected chi connectivity index (χ0v) is 8.89. The van der Waals surface area contributed by atoms with Gasteiger partial charge in [-0.2, -0.15) is 9.37 Å². The number of esters is 1. The van der Waals surface area contributed by atoms with Crippen LogP contribution in [0.3, 0.4) is 0 Å². The molecule has 2 heterocycles. The lowest BCUT2D eigenvalue weighted by Gasteiger charge is -2.16. The third-order valence-electron chi connectivity index (χ3n) is 2.64. The predicted octanol–water partition coefficient (Wildman–Crippen LogP) is 0.615. The molecule has 1 atom stereocenters. The summed E-state index contributed by atoms with van der Waals surface area (Å²) < 4.78 is 17.5. The van der Waals surface area contributed by atoms with Gasteiger partial charge in [0.15, 0.2) is 0 Å². The fourth-order valence-electron chi connectivity index (χ4n) is 1.81. The summed E-state index contributed by atoms with van der Waals surface area (Å²) in [6, 6.07) is 0. The summed E-state index contributed by atoms with van der Waals surface area (Å²) in [4.78, 5) is 20.6. The van der Waals surface area contributed by atoms with E-state index in [2.05, 4.69) is 14.7 Å². The minimum atomic E-state index is -0.612. The summed E-state index contributed by atoms with van der Waals surface area (Å²) in [5.74, 6) is -0.535. The van der Waals surface area contributed by atoms with Gasteiger partial charge in [0.1, 0.15) is 5.82 Å². The molecule has 6 heteroatoms. The van der Waals surface area contributed by atoms with Gasteiger partial charge in [0.2, 0.25) is 5.95 Å². The first-order chi connectivity index (χ1) is 7.70. The van der Waals surface area contributed by atoms with Gasteiger partial charge in [-0.3, -0.25) is 9.78 Å². The highest BCUT2D eigenvalue weighted by atomic mass is 19.1. The fraction of sp³-hybridized carbons (Fsp3) is 0.500. The highest BCUT2D eigenvalue weighted by molar-refractivity contribution is 5.73. The average Bonchev–Trinajstić information content (AvgIpc) is 2.77. The maximum Gasteiger partial charge on any atom is 0.310 e. The van der Waals surface area contributed by atoms with Crippen molar-refractivity contribution in [1.82, 2.24) is 9.97 Å². The molecule has 2 rings (SSSR count). The van der Waals surface area contributed by atoms with Crippen molar-refractivity contribution in [2.75, 3.05) is 25.1 Å². The molecule has 1 fully saturated rings. The van der Waals surface area contributed by atoms with E-state index >= 15 is 0 Å². The van der Waals surface area contributed by atoms with Crippen molar-refractivity contribution in [2.24, 2.45) is 5.92 Å². The number of halogens is 1. The van der Waals surface area contributed by atoms with Crippen LogP contribution < -0.4 is 4.90 Å². The van der Waals surface area contributed by atoms with Crippen molar-refractivity contribution in [1.29, 1.82) is 0 Å². The van der Waals surface area contributed by atoms with E-state index in [1.54, 1.807) is 0 Å². The molecule has 5 nitrogen and oxygen atoms in total. The lowest BCUT2D eigenvalue weighted by molar-refractivity contribution is -0.144. The van der Waals surface area contributed by atoms with Gasteiger partial charge in [0, 0.05) is 13.1 Å². The van der Waals surface area contributed by atoms with Crippen molar-refractivity contribution in [3.8, 4) is 0 Å². The molecule has 1 aromatic rings. The molecular weight excluding hydrogens is 213 g/mol. The zero-order chi connectivity index (χ0) is 11.5. The third-order valence-corrected chi connectivity index (χ3v) is 2.64. The number of nitrogens with zero attached hydrogens (tertiary/aromatic N) is 3. The molecule has 1 aliphatic rings. The Morgan fingerprint density at radius 3 is 3.12 bits per heavy atom. The minimum absolute atomic E-state index is 0.157. The molecular formula is C10H12FN3O2. The number of rotatable bonds is 2. The fourth-order valence-corrected chi connectivity index (χ4v) is 1.81. The van der Waals surface area contributed by atoms with Gasteiger partial charge in [0.05, 0.1) is 25.4 Å². The second-order valence-electron chi connectivity index (χ2n) is 3.65. The number of anilines is 1. The van der Waals surface area contributed by atoms with Crippen molar-refractivity contribution in [2.45, 2.75) is 6.42 Å². The molecule has 0 spiro atoms. The molecule has 0 amide bonds. The Bertz CT molecular complexity index is 399. The Balaban J connectivity index is 2.06. The highest BCUT2D eigenvalue weighted by Crippen LogP contribution is 2.22. The van der Waals surface area contributed by atoms with Crippen LogP contribution in [0.25, 0.3) is 0 Å². The number of ether oxygens (including phenoxy) is 1. The van der Waals surface area contributed by atoms with Crippen LogP contribution in [0.4, 0.5) is 10.2 Å². The highest BCUT2D eigenvalue weighted by Gasteiger charge is 2.29. The Kier molecular flexibility index (Phi) is 2.98. The summed E-state index contributed by atoms with van der Waals surface area (Å²) >= 11 is 0. The molecule has 0 saturated carbocycles. The van der Waals surface area contributed by atoms with E-state index in [1.807, 2.05) is 4.90 Å². The van der Waals surface area contributed by atoms with Crippen LogP contribution in [0.1, 0.15) is 6.42 Å². The summed E-state index contributed by atoms with van der Waals surface area (Å²) in [6.45, 7) is 1.17. The van der Waals surface area contributed by atoms with E-state index in [-0.39, 0.29) is 11.9 Å². The van der Waals surface area contributed by atoms with Crippen LogP contribution in [0.2, 0.25) is 0 Å². The van der Waals surface area contributed by atoms with E-state index in [4.69, 9.17) is 0 Å². The number of carbonyl (C=O) groups excluding carboxylic acids is 1. The number of aromatic nitrogens is 2. The normalized spacial score (nSPS) is 19.9. The molecule has 1 aliphatic heterocycles. The summed E-state index contributed by atoms with van der Waals surface area (Å²) in [6.07, 6.45) is 3.24. The molecule has 16 heavy (non-hydrogen) atoms. The smallest absolute Gasteiger partial charge is 0.310 e. The first kappa shape index (κ1) is 10.8. The average molecular weight is 225 g/mol. The van der Waals surface area contributed by atoms with Gasteiger partial charge < -0.3 is 9.64 Å². The van der Waals surface area contributed by atoms with Gasteiger partial charge in [-0.05, 0) is 6.42 Å². The molecule has 1 aromatic heterocycles. The summed E-state index contributed by atoms with van der Waals surface area (Å²) in [5, 5.41) is 0. The monoisotopic (exact) mass is 225 g/mol. The van der Waals surface area contributed by atoms with Gasteiger partial charge >= 0.3 is 5.97 Å². The van der Waals surface area contributed by atoms with E-state index < -0.39 is 5.95 Å². The summed E-state index contributed by atoms with van der Waals surface area (Å²) in [5.41, 5.74) is 0. The molecule has 1 saturated heterocycles. The minimum Gasteiger partial charge on any atom is -0.469 e. The Hall–Kier alpha value is -1.72. The number of hydrogen-bond acceptors (Lipinski definition) is 5. The predicted molar refractivity (Wildman–Crippen MR) is 54.3 cm³/mol. The number of methoxy groups -OCH3 is 1. The standard InChI is InChI=1S/C10H12FN3O2/c1-16-10(15)7-2-3-14(6-7)9-5-12-4-8(11)13-9/h4-5,7H,2-3,6H2,1H3/t7-/m0/s1. The maximum atomic E-state index is 12.9. The second kappa shape index (κ2) is 4.42. The van der Waals surface area contributed by atoms with Crippen LogP contribution >= 0.6 is 0 Å². The second-order valence-corrected chi connectivity index (χ2v) is 3.65. The molecule has 0 unspecified atom stereocenters. The molecule has 86 valence electrons. The zero-order valence-electron chi connectivity index (χ0n) is 8.89. The van der Waals surface area contributed by atoms with Gasteiger partial charge in [-0.1, -0.05) is 0 Å². The van der Waals surface area contributed by atoms with E-state index in [0.717, 1.165) is 6.20 Å². The van der Waals surface area contributed by atoms with Crippen LogP contribution in [-0.2, 0) is 9.53 Å². The third kappa shape index (κ3) is 2.10. The molecule has 0 aromatic carbocycles. The Labute approximate surface area is 92.3 Å². The first-order valence-corrected chi connectivity index (χ1v) is 5.01. The molecule has 0 aliphatic carbocycles. The van der Waals surface area contributed by atoms with Crippen LogP contribution in [0, 0.1) is 11.9 Å². The first-order valence-electron chi connectivity index (χ1n) is 5.01. The number of carbonyl (C=O) groups is 1. The SMILES string of the molecule is COC(=O)[C@H]1CCN(c2cncc(F)n2)C1. The Morgan fingerprint density at radius 2 is 2.44 bits per heavy atom. The molecule has 0 N–H and O–H groups in total.